The molecule has 2 rings (SSSR count). The lowest BCUT2D eigenvalue weighted by Gasteiger charge is -2.08. The molecule has 0 bridgehead atoms. The first-order chi connectivity index (χ1) is 12.3. The molecule has 8 nitrogen and oxygen atoms in total. The number of hydrogen-bond acceptors (Lipinski definition) is 8. The van der Waals surface area contributed by atoms with Crippen molar-refractivity contribution in [2.45, 2.75) is 18.7 Å². The summed E-state index contributed by atoms with van der Waals surface area (Å²) >= 11 is 0. The van der Waals surface area contributed by atoms with Crippen LogP contribution in [0.2, 0.25) is 0 Å². The average molecular weight is 372 g/mol. The van der Waals surface area contributed by atoms with E-state index in [4.69, 9.17) is 0 Å². The molecule has 0 spiro atoms. The highest BCUT2D eigenvalue weighted by Crippen LogP contribution is 2.23. The first-order valence-corrected chi connectivity index (χ1v) is 8.89. The van der Waals surface area contributed by atoms with Crippen LogP contribution in [0, 0.1) is 25.2 Å². The summed E-state index contributed by atoms with van der Waals surface area (Å²) in [6, 6.07) is 8.89. The van der Waals surface area contributed by atoms with E-state index >= 15 is 0 Å². The topological polar surface area (TPSA) is 122 Å². The number of ether oxygens (including phenoxy) is 1. The van der Waals surface area contributed by atoms with Gasteiger partial charge in [0.25, 0.3) is 0 Å². The van der Waals surface area contributed by atoms with E-state index in [2.05, 4.69) is 20.0 Å². The van der Waals surface area contributed by atoms with E-state index in [1.165, 1.54) is 24.3 Å². The zero-order valence-corrected chi connectivity index (χ0v) is 15.2. The van der Waals surface area contributed by atoms with E-state index in [9.17, 15) is 18.5 Å². The molecule has 0 radical (unpaired) electrons. The minimum Gasteiger partial charge on any atom is -0.465 e. The number of nitrogens with zero attached hydrogens (tertiary/aromatic N) is 3. The Morgan fingerprint density at radius 2 is 1.85 bits per heavy atom. The summed E-state index contributed by atoms with van der Waals surface area (Å²) in [5.74, 6) is -0.654. The van der Waals surface area contributed by atoms with Gasteiger partial charge in [-0.25, -0.2) is 23.2 Å². The lowest BCUT2D eigenvalue weighted by atomic mass is 10.2. The molecule has 1 aromatic heterocycles. The molecular formula is C17H16N4O4S. The fraction of sp³-hybridized carbons (Fsp3) is 0.176. The van der Waals surface area contributed by atoms with Crippen molar-refractivity contribution in [1.29, 1.82) is 5.26 Å². The third-order valence-electron chi connectivity index (χ3n) is 3.30. The highest BCUT2D eigenvalue weighted by molar-refractivity contribution is 7.95. The predicted molar refractivity (Wildman–Crippen MR) is 93.8 cm³/mol. The molecule has 0 fully saturated rings. The van der Waals surface area contributed by atoms with Crippen molar-refractivity contribution in [2.24, 2.45) is 0 Å². The monoisotopic (exact) mass is 372 g/mol. The van der Waals surface area contributed by atoms with E-state index in [1.54, 1.807) is 26.0 Å². The van der Waals surface area contributed by atoms with Gasteiger partial charge in [0, 0.05) is 17.6 Å². The number of nitriles is 1. The summed E-state index contributed by atoms with van der Waals surface area (Å²) in [4.78, 5) is 19.1. The van der Waals surface area contributed by atoms with Crippen LogP contribution < -0.4 is 5.32 Å². The van der Waals surface area contributed by atoms with Crippen LogP contribution in [0.15, 0.2) is 46.3 Å². The summed E-state index contributed by atoms with van der Waals surface area (Å²) in [5, 5.41) is 11.9. The second-order valence-corrected chi connectivity index (χ2v) is 7.12. The van der Waals surface area contributed by atoms with Crippen molar-refractivity contribution in [2.75, 3.05) is 12.4 Å². The molecule has 0 amide bonds. The van der Waals surface area contributed by atoms with Crippen LogP contribution >= 0.6 is 0 Å². The van der Waals surface area contributed by atoms with Crippen molar-refractivity contribution in [1.82, 2.24) is 9.97 Å². The van der Waals surface area contributed by atoms with E-state index in [0.29, 0.717) is 11.4 Å². The number of hydrogen-bond donors (Lipinski definition) is 1. The molecule has 0 saturated carbocycles. The van der Waals surface area contributed by atoms with E-state index in [1.807, 2.05) is 0 Å². The number of sulfone groups is 1. The van der Waals surface area contributed by atoms with Crippen molar-refractivity contribution in [3.63, 3.8) is 0 Å². The summed E-state index contributed by atoms with van der Waals surface area (Å²) in [7, 11) is -3.10. The summed E-state index contributed by atoms with van der Waals surface area (Å²) in [6.45, 7) is 3.52. The molecule has 1 aromatic carbocycles. The van der Waals surface area contributed by atoms with Crippen LogP contribution in [-0.4, -0.2) is 31.5 Å². The number of nitrogens with one attached hydrogen (secondary N) is 1. The summed E-state index contributed by atoms with van der Waals surface area (Å²) < 4.78 is 30.2. The van der Waals surface area contributed by atoms with Crippen LogP contribution in [0.1, 0.15) is 21.7 Å². The molecule has 0 aliphatic carbocycles. The Bertz CT molecular complexity index is 1000. The largest absolute Gasteiger partial charge is 0.465 e. The Kier molecular flexibility index (Phi) is 5.69. The third-order valence-corrected chi connectivity index (χ3v) is 5.02. The molecule has 1 N–H and O–H groups in total. The molecule has 0 unspecified atom stereocenters. The quantitative estimate of drug-likeness (QED) is 0.625. The number of benzene rings is 1. The van der Waals surface area contributed by atoms with Crippen molar-refractivity contribution < 1.29 is 17.9 Å². The number of carbonyl (C=O) groups excluding carboxylic acids is 1. The Morgan fingerprint density at radius 3 is 2.42 bits per heavy atom. The van der Waals surface area contributed by atoms with Crippen molar-refractivity contribution in [3.05, 3.63) is 58.4 Å². The average Bonchev–Trinajstić information content (AvgIpc) is 2.60. The summed E-state index contributed by atoms with van der Waals surface area (Å²) in [5.41, 5.74) is 1.22. The highest BCUT2D eigenvalue weighted by Gasteiger charge is 2.27. The number of esters is 1. The number of aromatic nitrogens is 2. The smallest absolute Gasteiger partial charge is 0.339 e. The lowest BCUT2D eigenvalue weighted by Crippen LogP contribution is -2.13. The normalized spacial score (nSPS) is 11.5. The maximum absolute atomic E-state index is 12.8. The third kappa shape index (κ3) is 4.04. The zero-order valence-electron chi connectivity index (χ0n) is 14.3. The first-order valence-electron chi connectivity index (χ1n) is 7.41. The van der Waals surface area contributed by atoms with Crippen LogP contribution in [0.5, 0.6) is 0 Å². The van der Waals surface area contributed by atoms with Crippen LogP contribution in [-0.2, 0) is 14.6 Å². The van der Waals surface area contributed by atoms with Gasteiger partial charge in [-0.05, 0) is 32.0 Å². The standard InChI is InChI=1S/C17H16N4O4S/c1-11-8-12(2)21-17(20-11)19-10-13(9-18)26(23,24)15-7-5-4-6-14(15)16(22)25-3/h4-8,10H,1-3H3,(H,19,20,21). The molecule has 9 heteroatoms. The molecule has 0 aliphatic rings. The molecule has 1 heterocycles. The minimum atomic E-state index is -4.25. The Balaban J connectivity index is 2.46. The van der Waals surface area contributed by atoms with Crippen LogP contribution in [0.3, 0.4) is 0 Å². The molecule has 0 atom stereocenters. The molecular weight excluding hydrogens is 356 g/mol. The van der Waals surface area contributed by atoms with Gasteiger partial charge in [0.05, 0.1) is 17.6 Å². The Hall–Kier alpha value is -3.25. The number of methoxy groups -OCH3 is 1. The first kappa shape index (κ1) is 19.1. The Morgan fingerprint density at radius 1 is 1.23 bits per heavy atom. The fourth-order valence-electron chi connectivity index (χ4n) is 2.19. The van der Waals surface area contributed by atoms with Gasteiger partial charge in [-0.1, -0.05) is 12.1 Å². The van der Waals surface area contributed by atoms with Gasteiger partial charge in [-0.15, -0.1) is 0 Å². The maximum Gasteiger partial charge on any atom is 0.339 e. The van der Waals surface area contributed by atoms with Gasteiger partial charge in [0.15, 0.2) is 4.91 Å². The number of allylic oxidation sites excluding steroid dienone is 1. The van der Waals surface area contributed by atoms with E-state index in [-0.39, 0.29) is 16.4 Å². The molecule has 0 aliphatic heterocycles. The van der Waals surface area contributed by atoms with Crippen LogP contribution in [0.4, 0.5) is 5.95 Å². The lowest BCUT2D eigenvalue weighted by molar-refractivity contribution is 0.0596. The number of carbonyl (C=O) groups is 1. The maximum atomic E-state index is 12.8. The molecule has 2 aromatic rings. The van der Waals surface area contributed by atoms with Gasteiger partial charge in [-0.2, -0.15) is 5.26 Å². The fourth-order valence-corrected chi connectivity index (χ4v) is 3.46. The number of anilines is 1. The number of rotatable bonds is 5. The van der Waals surface area contributed by atoms with E-state index in [0.717, 1.165) is 13.3 Å². The highest BCUT2D eigenvalue weighted by atomic mass is 32.2. The van der Waals surface area contributed by atoms with Crippen molar-refractivity contribution >= 4 is 21.8 Å². The van der Waals surface area contributed by atoms with Gasteiger partial charge < -0.3 is 10.1 Å². The van der Waals surface area contributed by atoms with E-state index < -0.39 is 20.7 Å². The van der Waals surface area contributed by atoms with Gasteiger partial charge >= 0.3 is 5.97 Å². The second-order valence-electron chi connectivity index (χ2n) is 5.23. The molecule has 134 valence electrons. The molecule has 26 heavy (non-hydrogen) atoms. The van der Waals surface area contributed by atoms with Crippen molar-refractivity contribution in [3.8, 4) is 6.07 Å². The van der Waals surface area contributed by atoms with Crippen LogP contribution in [0.25, 0.3) is 0 Å². The SMILES string of the molecule is COC(=O)c1ccccc1S(=O)(=O)C(C#N)=CNc1nc(C)cc(C)n1. The van der Waals surface area contributed by atoms with Gasteiger partial charge in [0.1, 0.15) is 6.07 Å². The van der Waals surface area contributed by atoms with Gasteiger partial charge in [-0.3, -0.25) is 0 Å². The number of aryl methyl sites for hydroxylation is 2. The molecule has 0 saturated heterocycles. The Labute approximate surface area is 151 Å². The summed E-state index contributed by atoms with van der Waals surface area (Å²) in [6.07, 6.45) is 0.998. The predicted octanol–water partition coefficient (Wildman–Crippen LogP) is 2.13. The second kappa shape index (κ2) is 7.76. The van der Waals surface area contributed by atoms with Gasteiger partial charge in [0.2, 0.25) is 15.8 Å². The minimum absolute atomic E-state index is 0.154. The zero-order chi connectivity index (χ0) is 19.3.